The van der Waals surface area contributed by atoms with Crippen LogP contribution in [0.2, 0.25) is 0 Å². The van der Waals surface area contributed by atoms with Gasteiger partial charge in [-0.25, -0.2) is 4.57 Å². The van der Waals surface area contributed by atoms with Crippen molar-refractivity contribution in [1.29, 1.82) is 0 Å². The monoisotopic (exact) mass is 484 g/mol. The van der Waals surface area contributed by atoms with Gasteiger partial charge in [0.1, 0.15) is 0 Å². The molecule has 1 amide bonds. The zero-order valence-electron chi connectivity index (χ0n) is 20.5. The molecular formula is C22H42KN2O5P. The van der Waals surface area contributed by atoms with Crippen molar-refractivity contribution in [2.24, 2.45) is 5.73 Å². The van der Waals surface area contributed by atoms with E-state index in [1.54, 1.807) is 18.3 Å². The van der Waals surface area contributed by atoms with Crippen LogP contribution >= 0.6 is 7.82 Å². The Balaban J connectivity index is -0.000000641. The number of rotatable bonds is 17. The maximum atomic E-state index is 10.4. The van der Waals surface area contributed by atoms with Crippen LogP contribution in [0.1, 0.15) is 109 Å². The molecule has 0 aliphatic heterocycles. The summed E-state index contributed by atoms with van der Waals surface area (Å²) in [7, 11) is -4.25. The molecule has 7 nitrogen and oxygen atoms in total. The Labute approximate surface area is 232 Å². The van der Waals surface area contributed by atoms with Gasteiger partial charge >= 0.3 is 59.2 Å². The van der Waals surface area contributed by atoms with E-state index in [1.165, 1.54) is 76.8 Å². The van der Waals surface area contributed by atoms with Crippen LogP contribution in [0.4, 0.5) is 0 Å². The van der Waals surface area contributed by atoms with Gasteiger partial charge in [0.2, 0.25) is 5.91 Å². The maximum Gasteiger partial charge on any atom is 1.00 e. The van der Waals surface area contributed by atoms with Crippen LogP contribution in [0.25, 0.3) is 0 Å². The molecule has 0 atom stereocenters. The van der Waals surface area contributed by atoms with Gasteiger partial charge in [-0.1, -0.05) is 90.4 Å². The third kappa shape index (κ3) is 26.5. The van der Waals surface area contributed by atoms with Crippen molar-refractivity contribution in [3.8, 4) is 0 Å². The molecule has 0 aromatic carbocycles. The molecule has 0 saturated heterocycles. The third-order valence-corrected chi connectivity index (χ3v) is 5.22. The summed E-state index contributed by atoms with van der Waals surface area (Å²) in [5, 5.41) is 0. The Morgan fingerprint density at radius 3 is 1.74 bits per heavy atom. The standard InChI is InChI=1S/C16H35O4P.C6H6N2O.K.H/c1-2-3-4-5-6-7-8-9-10-11-12-13-14-15-16-20-21(17,18)19;7-6(9)5-2-1-3-8-4-5;;/h2-16H2,1H3,(H2,17,18,19);1-4H,(H2,7,9);;/q;;+1;-1. The number of pyridine rings is 1. The van der Waals surface area contributed by atoms with E-state index < -0.39 is 13.7 Å². The fourth-order valence-electron chi connectivity index (χ4n) is 2.99. The van der Waals surface area contributed by atoms with Gasteiger partial charge in [-0.05, 0) is 18.6 Å². The summed E-state index contributed by atoms with van der Waals surface area (Å²) in [6, 6.07) is 3.29. The number of unbranched alkanes of at least 4 members (excludes halogenated alkanes) is 13. The van der Waals surface area contributed by atoms with Gasteiger partial charge in [-0.15, -0.1) is 0 Å². The zero-order chi connectivity index (χ0) is 22.5. The van der Waals surface area contributed by atoms with Crippen molar-refractivity contribution in [2.75, 3.05) is 6.61 Å². The van der Waals surface area contributed by atoms with Crippen molar-refractivity contribution >= 4 is 13.7 Å². The minimum Gasteiger partial charge on any atom is -1.00 e. The van der Waals surface area contributed by atoms with E-state index in [0.717, 1.165) is 19.3 Å². The summed E-state index contributed by atoms with van der Waals surface area (Å²) in [6.45, 7) is 2.42. The zero-order valence-corrected chi connectivity index (χ0v) is 23.5. The summed E-state index contributed by atoms with van der Waals surface area (Å²) in [4.78, 5) is 31.1. The van der Waals surface area contributed by atoms with Crippen LogP contribution < -0.4 is 57.1 Å². The van der Waals surface area contributed by atoms with E-state index >= 15 is 0 Å². The first kappa shape index (κ1) is 33.5. The van der Waals surface area contributed by atoms with Crippen LogP contribution in [-0.4, -0.2) is 27.3 Å². The van der Waals surface area contributed by atoms with Gasteiger partial charge in [-0.3, -0.25) is 14.3 Å². The minimum absolute atomic E-state index is 0. The van der Waals surface area contributed by atoms with Crippen molar-refractivity contribution < 1.29 is 76.5 Å². The number of hydrogen-bond acceptors (Lipinski definition) is 4. The largest absolute Gasteiger partial charge is 1.00 e. The Bertz CT molecular complexity index is 579. The number of hydrogen-bond donors (Lipinski definition) is 3. The molecule has 0 saturated carbocycles. The topological polar surface area (TPSA) is 123 Å². The molecule has 0 bridgehead atoms. The molecule has 0 spiro atoms. The summed E-state index contributed by atoms with van der Waals surface area (Å²) in [5.41, 5.74) is 5.38. The first-order chi connectivity index (χ1) is 14.4. The fourth-order valence-corrected chi connectivity index (χ4v) is 3.36. The third-order valence-electron chi connectivity index (χ3n) is 4.70. The van der Waals surface area contributed by atoms with Crippen molar-refractivity contribution in [3.63, 3.8) is 0 Å². The van der Waals surface area contributed by atoms with Gasteiger partial charge in [0, 0.05) is 12.4 Å². The second-order valence-corrected chi connectivity index (χ2v) is 8.77. The van der Waals surface area contributed by atoms with Crippen molar-refractivity contribution in [2.45, 2.75) is 96.8 Å². The first-order valence-corrected chi connectivity index (χ1v) is 12.8. The number of carbonyl (C=O) groups is 1. The van der Waals surface area contributed by atoms with Gasteiger partial charge in [-0.2, -0.15) is 0 Å². The molecule has 1 aromatic rings. The van der Waals surface area contributed by atoms with E-state index in [0.29, 0.717) is 5.56 Å². The van der Waals surface area contributed by atoms with Gasteiger partial charge in [0.05, 0.1) is 12.2 Å². The Morgan fingerprint density at radius 2 is 1.42 bits per heavy atom. The van der Waals surface area contributed by atoms with E-state index in [2.05, 4.69) is 16.4 Å². The molecule has 1 heterocycles. The fraction of sp³-hybridized carbons (Fsp3) is 0.727. The molecule has 9 heteroatoms. The molecule has 0 unspecified atom stereocenters. The Hall–Kier alpha value is 0.366. The average molecular weight is 485 g/mol. The predicted octanol–water partition coefficient (Wildman–Crippen LogP) is 2.87. The molecule has 1 rings (SSSR count). The average Bonchev–Trinajstić information content (AvgIpc) is 2.71. The molecule has 4 N–H and O–H groups in total. The summed E-state index contributed by atoms with van der Waals surface area (Å²) < 4.78 is 14.8. The van der Waals surface area contributed by atoms with Crippen LogP contribution in [0.3, 0.4) is 0 Å². The Morgan fingerprint density at radius 1 is 0.968 bits per heavy atom. The summed E-state index contributed by atoms with van der Waals surface area (Å²) >= 11 is 0. The maximum absolute atomic E-state index is 10.4. The number of carbonyl (C=O) groups excluding carboxylic acids is 1. The quantitative estimate of drug-likeness (QED) is 0.178. The van der Waals surface area contributed by atoms with E-state index in [9.17, 15) is 9.36 Å². The predicted molar refractivity (Wildman–Crippen MR) is 122 cm³/mol. The van der Waals surface area contributed by atoms with E-state index in [-0.39, 0.29) is 59.4 Å². The Kier molecular flexibility index (Phi) is 25.4. The van der Waals surface area contributed by atoms with Crippen LogP contribution in [0, 0.1) is 0 Å². The molecule has 0 aliphatic rings. The number of amides is 1. The van der Waals surface area contributed by atoms with Gasteiger partial charge in [0.15, 0.2) is 0 Å². The number of nitrogens with zero attached hydrogens (tertiary/aromatic N) is 1. The van der Waals surface area contributed by atoms with Crippen LogP contribution in [0.15, 0.2) is 24.5 Å². The number of aromatic nitrogens is 1. The number of phosphoric acid groups is 1. The second kappa shape index (κ2) is 23.5. The molecule has 0 radical (unpaired) electrons. The van der Waals surface area contributed by atoms with Crippen molar-refractivity contribution in [1.82, 2.24) is 4.98 Å². The van der Waals surface area contributed by atoms with Gasteiger partial charge < -0.3 is 16.9 Å². The van der Waals surface area contributed by atoms with Crippen LogP contribution in [0.5, 0.6) is 0 Å². The van der Waals surface area contributed by atoms with Crippen LogP contribution in [-0.2, 0) is 9.09 Å². The number of nitrogens with two attached hydrogens (primary N) is 1. The number of primary amides is 1. The molecule has 0 fully saturated rings. The molecule has 31 heavy (non-hydrogen) atoms. The molecule has 1 aromatic heterocycles. The van der Waals surface area contributed by atoms with E-state index in [4.69, 9.17) is 15.5 Å². The van der Waals surface area contributed by atoms with Gasteiger partial charge in [0.25, 0.3) is 0 Å². The molecule has 0 aliphatic carbocycles. The van der Waals surface area contributed by atoms with E-state index in [1.807, 2.05) is 0 Å². The first-order valence-electron chi connectivity index (χ1n) is 11.3. The summed E-state index contributed by atoms with van der Waals surface area (Å²) in [6.07, 6.45) is 20.8. The molecular weight excluding hydrogens is 442 g/mol. The number of phosphoric ester groups is 1. The second-order valence-electron chi connectivity index (χ2n) is 7.53. The normalized spacial score (nSPS) is 10.7. The summed E-state index contributed by atoms with van der Waals surface area (Å²) in [5.74, 6) is -0.442. The SMILES string of the molecule is CCCCCCCCCCCCCCCCOP(=O)(O)O.NC(=O)c1cccnc1.[H-].[K+]. The molecule has 176 valence electrons. The van der Waals surface area contributed by atoms with Crippen molar-refractivity contribution in [3.05, 3.63) is 30.1 Å². The minimum atomic E-state index is -4.25. The smallest absolute Gasteiger partial charge is 1.00 e.